The molecule has 0 aromatic heterocycles. The number of piperidine rings is 1. The highest BCUT2D eigenvalue weighted by molar-refractivity contribution is 6.36. The molecule has 0 spiro atoms. The van der Waals surface area contributed by atoms with E-state index < -0.39 is 0 Å². The number of nitrogens with zero attached hydrogens (tertiary/aromatic N) is 1. The number of rotatable bonds is 4. The normalized spacial score (nSPS) is 27.2. The van der Waals surface area contributed by atoms with Gasteiger partial charge in [-0.25, -0.2) is 0 Å². The summed E-state index contributed by atoms with van der Waals surface area (Å²) in [5.41, 5.74) is 0.873. The van der Waals surface area contributed by atoms with Crippen molar-refractivity contribution in [1.29, 1.82) is 0 Å². The second-order valence-corrected chi connectivity index (χ2v) is 7.03. The number of methoxy groups -OCH3 is 1. The van der Waals surface area contributed by atoms with Crippen LogP contribution in [-0.2, 0) is 16.0 Å². The number of carbonyl (C=O) groups excluding carboxylic acids is 1. The van der Waals surface area contributed by atoms with Gasteiger partial charge in [0.1, 0.15) is 0 Å². The number of benzene rings is 1. The number of fused-ring (bicyclic) bond motifs is 2. The van der Waals surface area contributed by atoms with Gasteiger partial charge in [-0.15, -0.1) is 0 Å². The molecule has 2 aliphatic rings. The summed E-state index contributed by atoms with van der Waals surface area (Å²) in [4.78, 5) is 14.7. The predicted molar refractivity (Wildman–Crippen MR) is 88.5 cm³/mol. The lowest BCUT2D eigenvalue weighted by atomic mass is 9.98. The standard InChI is InChI=1S/C17H21Cl2NO2/c1-22-13-9-11-5-6-12(10-13)20(11)17(21)8-7-14-15(18)3-2-4-16(14)19/h2-4,11-13H,5-10H2,1H3. The molecule has 3 rings (SSSR count). The van der Waals surface area contributed by atoms with Crippen LogP contribution in [0.25, 0.3) is 0 Å². The Bertz CT molecular complexity index is 529. The monoisotopic (exact) mass is 341 g/mol. The highest BCUT2D eigenvalue weighted by Crippen LogP contribution is 2.37. The lowest BCUT2D eigenvalue weighted by Crippen LogP contribution is -2.48. The molecule has 2 atom stereocenters. The molecule has 1 aromatic rings. The zero-order valence-corrected chi connectivity index (χ0v) is 14.2. The maximum absolute atomic E-state index is 12.6. The number of hydrogen-bond donors (Lipinski definition) is 0. The average Bonchev–Trinajstić information content (AvgIpc) is 2.77. The molecule has 2 bridgehead atoms. The van der Waals surface area contributed by atoms with E-state index in [2.05, 4.69) is 4.90 Å². The molecule has 2 heterocycles. The maximum atomic E-state index is 12.6. The molecule has 2 saturated heterocycles. The van der Waals surface area contributed by atoms with Gasteiger partial charge in [0.2, 0.25) is 5.91 Å². The van der Waals surface area contributed by atoms with Crippen molar-refractivity contribution in [2.24, 2.45) is 0 Å². The summed E-state index contributed by atoms with van der Waals surface area (Å²) in [5.74, 6) is 0.220. The second-order valence-electron chi connectivity index (χ2n) is 6.22. The van der Waals surface area contributed by atoms with E-state index in [1.165, 1.54) is 0 Å². The summed E-state index contributed by atoms with van der Waals surface area (Å²) < 4.78 is 5.49. The van der Waals surface area contributed by atoms with Crippen molar-refractivity contribution in [3.63, 3.8) is 0 Å². The van der Waals surface area contributed by atoms with Gasteiger partial charge in [-0.05, 0) is 49.8 Å². The largest absolute Gasteiger partial charge is 0.381 e. The van der Waals surface area contributed by atoms with Crippen molar-refractivity contribution < 1.29 is 9.53 Å². The summed E-state index contributed by atoms with van der Waals surface area (Å²) in [7, 11) is 1.76. The molecule has 0 radical (unpaired) electrons. The molecule has 2 unspecified atom stereocenters. The molecule has 3 nitrogen and oxygen atoms in total. The SMILES string of the molecule is COC1CC2CCC(C1)N2C(=O)CCc1c(Cl)cccc1Cl. The van der Waals surface area contributed by atoms with Crippen LogP contribution in [0.5, 0.6) is 0 Å². The van der Waals surface area contributed by atoms with Crippen molar-refractivity contribution in [1.82, 2.24) is 4.90 Å². The van der Waals surface area contributed by atoms with Crippen LogP contribution >= 0.6 is 23.2 Å². The van der Waals surface area contributed by atoms with Gasteiger partial charge in [-0.2, -0.15) is 0 Å². The molecule has 0 saturated carbocycles. The Morgan fingerprint density at radius 2 is 1.82 bits per heavy atom. The lowest BCUT2D eigenvalue weighted by Gasteiger charge is -2.38. The third kappa shape index (κ3) is 3.12. The molecule has 120 valence electrons. The molecule has 5 heteroatoms. The van der Waals surface area contributed by atoms with E-state index in [0.717, 1.165) is 31.2 Å². The Labute approximate surface area is 141 Å². The molecule has 0 aliphatic carbocycles. The second kappa shape index (κ2) is 6.77. The summed E-state index contributed by atoms with van der Waals surface area (Å²) in [6.45, 7) is 0. The molecule has 1 aromatic carbocycles. The highest BCUT2D eigenvalue weighted by Gasteiger charge is 2.42. The Morgan fingerprint density at radius 3 is 2.36 bits per heavy atom. The van der Waals surface area contributed by atoms with E-state index in [1.54, 1.807) is 7.11 Å². The molecule has 2 aliphatic heterocycles. The first-order chi connectivity index (χ1) is 10.6. The average molecular weight is 342 g/mol. The van der Waals surface area contributed by atoms with Crippen LogP contribution in [0.15, 0.2) is 18.2 Å². The smallest absolute Gasteiger partial charge is 0.223 e. The minimum absolute atomic E-state index is 0.220. The first kappa shape index (κ1) is 16.1. The molecule has 0 N–H and O–H groups in total. The van der Waals surface area contributed by atoms with E-state index in [1.807, 2.05) is 18.2 Å². The van der Waals surface area contributed by atoms with Crippen LogP contribution in [0.3, 0.4) is 0 Å². The number of hydrogen-bond acceptors (Lipinski definition) is 2. The summed E-state index contributed by atoms with van der Waals surface area (Å²) in [6.07, 6.45) is 5.50. The summed E-state index contributed by atoms with van der Waals surface area (Å²) >= 11 is 12.4. The minimum atomic E-state index is 0.220. The van der Waals surface area contributed by atoms with E-state index in [0.29, 0.717) is 41.1 Å². The highest BCUT2D eigenvalue weighted by atomic mass is 35.5. The molecule has 2 fully saturated rings. The van der Waals surface area contributed by atoms with Crippen LogP contribution < -0.4 is 0 Å². The summed E-state index contributed by atoms with van der Waals surface area (Å²) in [6, 6.07) is 6.16. The van der Waals surface area contributed by atoms with Gasteiger partial charge < -0.3 is 9.64 Å². The first-order valence-electron chi connectivity index (χ1n) is 7.87. The minimum Gasteiger partial charge on any atom is -0.381 e. The number of carbonyl (C=O) groups is 1. The van der Waals surface area contributed by atoms with E-state index in [4.69, 9.17) is 27.9 Å². The third-order valence-corrected chi connectivity index (χ3v) is 5.67. The zero-order valence-electron chi connectivity index (χ0n) is 12.7. The quantitative estimate of drug-likeness (QED) is 0.825. The molecular weight excluding hydrogens is 321 g/mol. The van der Waals surface area contributed by atoms with Gasteiger partial charge in [-0.3, -0.25) is 4.79 Å². The number of halogens is 2. The number of amides is 1. The zero-order chi connectivity index (χ0) is 15.7. The van der Waals surface area contributed by atoms with Gasteiger partial charge in [-0.1, -0.05) is 29.3 Å². The van der Waals surface area contributed by atoms with Gasteiger partial charge in [0.15, 0.2) is 0 Å². The molecular formula is C17H21Cl2NO2. The van der Waals surface area contributed by atoms with Crippen molar-refractivity contribution >= 4 is 29.1 Å². The topological polar surface area (TPSA) is 29.5 Å². The molecule has 22 heavy (non-hydrogen) atoms. The van der Waals surface area contributed by atoms with Crippen molar-refractivity contribution in [2.45, 2.75) is 56.7 Å². The van der Waals surface area contributed by atoms with Crippen molar-refractivity contribution in [2.75, 3.05) is 7.11 Å². The van der Waals surface area contributed by atoms with Crippen LogP contribution in [-0.4, -0.2) is 36.1 Å². The van der Waals surface area contributed by atoms with Crippen LogP contribution in [0.1, 0.15) is 37.7 Å². The number of ether oxygens (including phenoxy) is 1. The molecule has 1 amide bonds. The maximum Gasteiger partial charge on any atom is 0.223 e. The Balaban J connectivity index is 1.64. The van der Waals surface area contributed by atoms with Gasteiger partial charge >= 0.3 is 0 Å². The van der Waals surface area contributed by atoms with E-state index in [-0.39, 0.29) is 5.91 Å². The Kier molecular flexibility index (Phi) is 4.96. The lowest BCUT2D eigenvalue weighted by molar-refractivity contribution is -0.137. The Hall–Kier alpha value is -0.770. The Morgan fingerprint density at radius 1 is 1.23 bits per heavy atom. The third-order valence-electron chi connectivity index (χ3n) is 4.96. The van der Waals surface area contributed by atoms with Crippen LogP contribution in [0.4, 0.5) is 0 Å². The predicted octanol–water partition coefficient (Wildman–Crippen LogP) is 4.09. The van der Waals surface area contributed by atoms with E-state index >= 15 is 0 Å². The van der Waals surface area contributed by atoms with E-state index in [9.17, 15) is 4.79 Å². The van der Waals surface area contributed by atoms with Crippen molar-refractivity contribution in [3.05, 3.63) is 33.8 Å². The fraction of sp³-hybridized carbons (Fsp3) is 0.588. The first-order valence-corrected chi connectivity index (χ1v) is 8.62. The van der Waals surface area contributed by atoms with Crippen LogP contribution in [0.2, 0.25) is 10.0 Å². The van der Waals surface area contributed by atoms with Gasteiger partial charge in [0.05, 0.1) is 6.10 Å². The fourth-order valence-corrected chi connectivity index (χ4v) is 4.45. The van der Waals surface area contributed by atoms with Gasteiger partial charge in [0, 0.05) is 35.7 Å². The summed E-state index contributed by atoms with van der Waals surface area (Å²) in [5, 5.41) is 1.28. The fourth-order valence-electron chi connectivity index (χ4n) is 3.86. The van der Waals surface area contributed by atoms with Gasteiger partial charge in [0.25, 0.3) is 0 Å². The van der Waals surface area contributed by atoms with Crippen molar-refractivity contribution in [3.8, 4) is 0 Å². The van der Waals surface area contributed by atoms with Crippen LogP contribution in [0, 0.1) is 0 Å².